The molecule has 3 N–H and O–H groups in total. The van der Waals surface area contributed by atoms with Crippen LogP contribution in [0.1, 0.15) is 15.9 Å². The van der Waals surface area contributed by atoms with Crippen LogP contribution < -0.4 is 11.1 Å². The van der Waals surface area contributed by atoms with Crippen LogP contribution >= 0.6 is 11.3 Å². The Hall–Kier alpha value is -1.88. The third-order valence-electron chi connectivity index (χ3n) is 2.28. The summed E-state index contributed by atoms with van der Waals surface area (Å²) in [5, 5.41) is 6.26. The zero-order valence-electron chi connectivity index (χ0n) is 9.16. The predicted octanol–water partition coefficient (Wildman–Crippen LogP) is 3.03. The zero-order chi connectivity index (χ0) is 12.4. The third kappa shape index (κ3) is 2.62. The minimum atomic E-state index is -0.470. The Morgan fingerprint density at radius 3 is 2.71 bits per heavy atom. The van der Waals surface area contributed by atoms with Gasteiger partial charge in [-0.3, -0.25) is 4.79 Å². The van der Waals surface area contributed by atoms with E-state index in [2.05, 4.69) is 5.32 Å². The molecule has 2 rings (SSSR count). The van der Waals surface area contributed by atoms with Gasteiger partial charge in [-0.2, -0.15) is 11.3 Å². The summed E-state index contributed by atoms with van der Waals surface area (Å²) in [5.41, 5.74) is 7.63. The average Bonchev–Trinajstić information content (AvgIpc) is 2.62. The molecular formula is C12H11FN2OS. The number of halogens is 1. The number of carbonyl (C=O) groups excluding carboxylic acids is 1. The molecule has 0 fully saturated rings. The first-order valence-corrected chi connectivity index (χ1v) is 5.91. The van der Waals surface area contributed by atoms with Crippen molar-refractivity contribution in [1.29, 1.82) is 0 Å². The van der Waals surface area contributed by atoms with Crippen LogP contribution in [-0.2, 0) is 0 Å². The van der Waals surface area contributed by atoms with Gasteiger partial charge < -0.3 is 11.1 Å². The molecule has 3 nitrogen and oxygen atoms in total. The van der Waals surface area contributed by atoms with Crippen LogP contribution in [0.2, 0.25) is 0 Å². The number of hydrogen-bond acceptors (Lipinski definition) is 3. The van der Waals surface area contributed by atoms with E-state index in [1.807, 2.05) is 12.3 Å². The van der Waals surface area contributed by atoms with Gasteiger partial charge in [0.2, 0.25) is 0 Å². The summed E-state index contributed by atoms with van der Waals surface area (Å²) in [4.78, 5) is 11.9. The molecule has 1 amide bonds. The summed E-state index contributed by atoms with van der Waals surface area (Å²) in [6.45, 7) is 1.85. The summed E-state index contributed by atoms with van der Waals surface area (Å²) >= 11 is 1.45. The van der Waals surface area contributed by atoms with E-state index in [4.69, 9.17) is 5.73 Å². The lowest BCUT2D eigenvalue weighted by molar-refractivity contribution is 0.102. The largest absolute Gasteiger partial charge is 0.399 e. The molecule has 5 heteroatoms. The monoisotopic (exact) mass is 250 g/mol. The first-order chi connectivity index (χ1) is 8.06. The van der Waals surface area contributed by atoms with E-state index in [0.29, 0.717) is 11.3 Å². The molecule has 88 valence electrons. The highest BCUT2D eigenvalue weighted by Gasteiger charge is 2.10. The van der Waals surface area contributed by atoms with Gasteiger partial charge in [0.15, 0.2) is 0 Å². The van der Waals surface area contributed by atoms with Gasteiger partial charge in [-0.15, -0.1) is 0 Å². The van der Waals surface area contributed by atoms with Crippen molar-refractivity contribution in [2.45, 2.75) is 6.92 Å². The first-order valence-electron chi connectivity index (χ1n) is 4.96. The minimum absolute atomic E-state index is 0.256. The van der Waals surface area contributed by atoms with Gasteiger partial charge in [0.05, 0.1) is 5.56 Å². The summed E-state index contributed by atoms with van der Waals surface area (Å²) in [6.07, 6.45) is 0. The summed E-state index contributed by atoms with van der Waals surface area (Å²) in [7, 11) is 0. The molecule has 0 atom stereocenters. The van der Waals surface area contributed by atoms with Crippen molar-refractivity contribution < 1.29 is 9.18 Å². The van der Waals surface area contributed by atoms with Gasteiger partial charge in [-0.25, -0.2) is 4.39 Å². The number of hydrogen-bond donors (Lipinski definition) is 2. The van der Waals surface area contributed by atoms with Crippen LogP contribution in [0.3, 0.4) is 0 Å². The SMILES string of the molecule is Cc1cscc1C(=O)Nc1cc(N)cc(F)c1. The van der Waals surface area contributed by atoms with Crippen molar-refractivity contribution in [3.8, 4) is 0 Å². The predicted molar refractivity (Wildman–Crippen MR) is 67.8 cm³/mol. The van der Waals surface area contributed by atoms with Crippen LogP contribution in [0.15, 0.2) is 29.0 Å². The number of rotatable bonds is 2. The number of nitrogen functional groups attached to an aromatic ring is 1. The quantitative estimate of drug-likeness (QED) is 0.805. The second kappa shape index (κ2) is 4.55. The van der Waals surface area contributed by atoms with Crippen LogP contribution in [0.25, 0.3) is 0 Å². The molecule has 2 aromatic rings. The molecule has 17 heavy (non-hydrogen) atoms. The number of benzene rings is 1. The van der Waals surface area contributed by atoms with Crippen molar-refractivity contribution in [1.82, 2.24) is 0 Å². The molecule has 0 spiro atoms. The van der Waals surface area contributed by atoms with Crippen molar-refractivity contribution in [3.63, 3.8) is 0 Å². The summed E-state index contributed by atoms with van der Waals surface area (Å²) < 4.78 is 13.1. The van der Waals surface area contributed by atoms with Crippen molar-refractivity contribution >= 4 is 28.6 Å². The van der Waals surface area contributed by atoms with Crippen LogP contribution in [0, 0.1) is 12.7 Å². The average molecular weight is 250 g/mol. The van der Waals surface area contributed by atoms with Crippen molar-refractivity contribution in [2.24, 2.45) is 0 Å². The Morgan fingerprint density at radius 1 is 1.35 bits per heavy atom. The maximum atomic E-state index is 13.1. The van der Waals surface area contributed by atoms with Gasteiger partial charge in [-0.05, 0) is 36.1 Å². The second-order valence-corrected chi connectivity index (χ2v) is 4.44. The van der Waals surface area contributed by atoms with Gasteiger partial charge in [0.1, 0.15) is 5.82 Å². The fourth-order valence-corrected chi connectivity index (χ4v) is 2.30. The minimum Gasteiger partial charge on any atom is -0.399 e. The van der Waals surface area contributed by atoms with Crippen molar-refractivity contribution in [3.05, 3.63) is 45.9 Å². The lowest BCUT2D eigenvalue weighted by atomic mass is 10.2. The fraction of sp³-hybridized carbons (Fsp3) is 0.0833. The maximum Gasteiger partial charge on any atom is 0.256 e. The lowest BCUT2D eigenvalue weighted by Gasteiger charge is -2.06. The second-order valence-electron chi connectivity index (χ2n) is 3.70. The van der Waals surface area contributed by atoms with Gasteiger partial charge >= 0.3 is 0 Å². The Bertz CT molecular complexity index is 545. The Labute approximate surface area is 102 Å². The molecule has 0 aliphatic carbocycles. The van der Waals surface area contributed by atoms with E-state index in [1.54, 1.807) is 5.38 Å². The van der Waals surface area contributed by atoms with Gasteiger partial charge in [0.25, 0.3) is 5.91 Å². The number of nitrogens with one attached hydrogen (secondary N) is 1. The van der Waals surface area contributed by atoms with Crippen LogP contribution in [0.4, 0.5) is 15.8 Å². The number of carbonyl (C=O) groups is 1. The molecule has 0 saturated carbocycles. The Kier molecular flexibility index (Phi) is 3.10. The molecule has 0 bridgehead atoms. The Morgan fingerprint density at radius 2 is 2.12 bits per heavy atom. The van der Waals surface area contributed by atoms with E-state index >= 15 is 0 Å². The highest BCUT2D eigenvalue weighted by molar-refractivity contribution is 7.08. The van der Waals surface area contributed by atoms with E-state index in [-0.39, 0.29) is 11.6 Å². The molecule has 0 unspecified atom stereocenters. The van der Waals surface area contributed by atoms with Crippen molar-refractivity contribution in [2.75, 3.05) is 11.1 Å². The lowest BCUT2D eigenvalue weighted by Crippen LogP contribution is -2.12. The zero-order valence-corrected chi connectivity index (χ0v) is 9.98. The summed E-state index contributed by atoms with van der Waals surface area (Å²) in [6, 6.07) is 3.95. The normalized spacial score (nSPS) is 10.2. The molecule has 0 aliphatic heterocycles. The van der Waals surface area contributed by atoms with Gasteiger partial charge in [-0.1, -0.05) is 0 Å². The van der Waals surface area contributed by atoms with E-state index in [1.165, 1.54) is 29.5 Å². The maximum absolute atomic E-state index is 13.1. The smallest absolute Gasteiger partial charge is 0.256 e. The number of anilines is 2. The Balaban J connectivity index is 2.21. The molecule has 0 radical (unpaired) electrons. The van der Waals surface area contributed by atoms with Crippen LogP contribution in [0.5, 0.6) is 0 Å². The fourth-order valence-electron chi connectivity index (χ4n) is 1.48. The number of aryl methyl sites for hydroxylation is 1. The molecule has 0 saturated heterocycles. The number of nitrogens with two attached hydrogens (primary N) is 1. The van der Waals surface area contributed by atoms with E-state index in [0.717, 1.165) is 5.56 Å². The molecule has 0 aliphatic rings. The van der Waals surface area contributed by atoms with E-state index in [9.17, 15) is 9.18 Å². The number of amides is 1. The molecule has 1 aromatic heterocycles. The van der Waals surface area contributed by atoms with E-state index < -0.39 is 5.82 Å². The van der Waals surface area contributed by atoms with Gasteiger partial charge in [0, 0.05) is 16.8 Å². The topological polar surface area (TPSA) is 55.1 Å². The standard InChI is InChI=1S/C12H11FN2OS/c1-7-5-17-6-11(7)12(16)15-10-3-8(13)2-9(14)4-10/h2-6H,14H2,1H3,(H,15,16). The molecule has 1 heterocycles. The third-order valence-corrected chi connectivity index (χ3v) is 3.14. The highest BCUT2D eigenvalue weighted by atomic mass is 32.1. The first kappa shape index (κ1) is 11.6. The molecule has 1 aromatic carbocycles. The summed E-state index contributed by atoms with van der Waals surface area (Å²) in [5.74, 6) is -0.726. The highest BCUT2D eigenvalue weighted by Crippen LogP contribution is 2.19. The molecular weight excluding hydrogens is 239 g/mol. The number of thiophene rings is 1. The van der Waals surface area contributed by atoms with Crippen LogP contribution in [-0.4, -0.2) is 5.91 Å².